The zero-order valence-corrected chi connectivity index (χ0v) is 16.7. The third kappa shape index (κ3) is 4.46. The number of para-hydroxylation sites is 2. The highest BCUT2D eigenvalue weighted by Gasteiger charge is 2.16. The van der Waals surface area contributed by atoms with Crippen LogP contribution < -0.4 is 20.7 Å². The van der Waals surface area contributed by atoms with Gasteiger partial charge in [-0.25, -0.2) is 14.8 Å². The van der Waals surface area contributed by atoms with E-state index in [4.69, 9.17) is 9.47 Å². The Morgan fingerprint density at radius 1 is 0.933 bits per heavy atom. The Kier molecular flexibility index (Phi) is 6.43. The smallest absolute Gasteiger partial charge is 0.341 e. The Morgan fingerprint density at radius 3 is 2.47 bits per heavy atom. The standard InChI is InChI=1S/C21H21N5O4/c1-22-20(27)14-12-24-18(26-19-13(21(28)30-3)7-6-10-23-19)11-16(14)25-15-8-4-5-9-17(15)29-2/h4-12H,1-3H3,(H,22,27)(H2,23,24,25,26). The summed E-state index contributed by atoms with van der Waals surface area (Å²) in [5.41, 5.74) is 1.77. The van der Waals surface area contributed by atoms with Crippen molar-refractivity contribution in [2.45, 2.75) is 0 Å². The van der Waals surface area contributed by atoms with Gasteiger partial charge in [0.05, 0.1) is 31.2 Å². The lowest BCUT2D eigenvalue weighted by Gasteiger charge is -2.15. The minimum absolute atomic E-state index is 0.261. The first-order valence-corrected chi connectivity index (χ1v) is 9.00. The van der Waals surface area contributed by atoms with E-state index in [0.29, 0.717) is 28.5 Å². The Balaban J connectivity index is 2.00. The third-order valence-electron chi connectivity index (χ3n) is 4.21. The Hall–Kier alpha value is -4.14. The number of aromatic nitrogens is 2. The number of carbonyl (C=O) groups excluding carboxylic acids is 2. The van der Waals surface area contributed by atoms with E-state index in [-0.39, 0.29) is 17.3 Å². The molecule has 2 aromatic heterocycles. The number of carbonyl (C=O) groups is 2. The summed E-state index contributed by atoms with van der Waals surface area (Å²) in [6.45, 7) is 0. The minimum atomic E-state index is -0.528. The van der Waals surface area contributed by atoms with Crippen LogP contribution in [0.1, 0.15) is 20.7 Å². The van der Waals surface area contributed by atoms with Crippen LogP contribution in [0.15, 0.2) is 54.9 Å². The normalized spacial score (nSPS) is 10.1. The SMILES string of the molecule is CNC(=O)c1cnc(Nc2ncccc2C(=O)OC)cc1Nc1ccccc1OC. The molecule has 0 spiro atoms. The zero-order valence-electron chi connectivity index (χ0n) is 16.7. The number of ether oxygens (including phenoxy) is 2. The Labute approximate surface area is 173 Å². The monoisotopic (exact) mass is 407 g/mol. The van der Waals surface area contributed by atoms with E-state index < -0.39 is 5.97 Å². The molecule has 9 nitrogen and oxygen atoms in total. The topological polar surface area (TPSA) is 114 Å². The first-order chi connectivity index (χ1) is 14.6. The highest BCUT2D eigenvalue weighted by molar-refractivity contribution is 6.01. The fraction of sp³-hybridized carbons (Fsp3) is 0.143. The van der Waals surface area contributed by atoms with Gasteiger partial charge in [0, 0.05) is 25.5 Å². The molecule has 0 saturated carbocycles. The van der Waals surface area contributed by atoms with Gasteiger partial charge in [0.2, 0.25) is 0 Å². The maximum Gasteiger partial charge on any atom is 0.341 e. The summed E-state index contributed by atoms with van der Waals surface area (Å²) >= 11 is 0. The number of amides is 1. The molecule has 0 unspecified atom stereocenters. The van der Waals surface area contributed by atoms with E-state index >= 15 is 0 Å². The molecule has 0 fully saturated rings. The van der Waals surface area contributed by atoms with Gasteiger partial charge in [0.1, 0.15) is 22.9 Å². The molecule has 1 aromatic carbocycles. The quantitative estimate of drug-likeness (QED) is 0.512. The Bertz CT molecular complexity index is 1070. The van der Waals surface area contributed by atoms with Crippen LogP contribution in [0, 0.1) is 0 Å². The largest absolute Gasteiger partial charge is 0.495 e. The molecule has 2 heterocycles. The van der Waals surface area contributed by atoms with Crippen LogP contribution in [0.3, 0.4) is 0 Å². The van der Waals surface area contributed by atoms with Gasteiger partial charge in [-0.2, -0.15) is 0 Å². The van der Waals surface area contributed by atoms with Crippen molar-refractivity contribution in [2.75, 3.05) is 31.9 Å². The number of rotatable bonds is 7. The number of anilines is 4. The van der Waals surface area contributed by atoms with Crippen LogP contribution in [0.5, 0.6) is 5.75 Å². The predicted molar refractivity (Wildman–Crippen MR) is 113 cm³/mol. The van der Waals surface area contributed by atoms with Crippen molar-refractivity contribution in [2.24, 2.45) is 0 Å². The zero-order chi connectivity index (χ0) is 21.5. The summed E-state index contributed by atoms with van der Waals surface area (Å²) in [5, 5.41) is 8.80. The van der Waals surface area contributed by atoms with Crippen molar-refractivity contribution in [1.29, 1.82) is 0 Å². The molecule has 0 aliphatic heterocycles. The van der Waals surface area contributed by atoms with E-state index in [9.17, 15) is 9.59 Å². The average molecular weight is 407 g/mol. The van der Waals surface area contributed by atoms with E-state index in [1.54, 1.807) is 37.6 Å². The van der Waals surface area contributed by atoms with Crippen molar-refractivity contribution < 1.29 is 19.1 Å². The van der Waals surface area contributed by atoms with Crippen LogP contribution >= 0.6 is 0 Å². The molecule has 3 N–H and O–H groups in total. The molecule has 0 bridgehead atoms. The highest BCUT2D eigenvalue weighted by Crippen LogP contribution is 2.30. The van der Waals surface area contributed by atoms with E-state index in [1.165, 1.54) is 20.4 Å². The van der Waals surface area contributed by atoms with Crippen molar-refractivity contribution >= 4 is 34.9 Å². The van der Waals surface area contributed by atoms with Crippen molar-refractivity contribution in [3.63, 3.8) is 0 Å². The molecule has 0 aliphatic carbocycles. The molecule has 0 aliphatic rings. The molecular formula is C21H21N5O4. The van der Waals surface area contributed by atoms with Crippen LogP contribution in [0.2, 0.25) is 0 Å². The van der Waals surface area contributed by atoms with Gasteiger partial charge >= 0.3 is 5.97 Å². The summed E-state index contributed by atoms with van der Waals surface area (Å²) in [5.74, 6) is 0.445. The first kappa shape index (κ1) is 20.6. The maximum absolute atomic E-state index is 12.3. The molecule has 154 valence electrons. The van der Waals surface area contributed by atoms with Crippen molar-refractivity contribution in [3.8, 4) is 5.75 Å². The number of benzene rings is 1. The fourth-order valence-corrected chi connectivity index (χ4v) is 2.74. The van der Waals surface area contributed by atoms with Crippen LogP contribution in [0.4, 0.5) is 23.0 Å². The van der Waals surface area contributed by atoms with E-state index in [0.717, 1.165) is 0 Å². The number of hydrogen-bond acceptors (Lipinski definition) is 8. The van der Waals surface area contributed by atoms with Gasteiger partial charge in [-0.3, -0.25) is 4.79 Å². The summed E-state index contributed by atoms with van der Waals surface area (Å²) in [6, 6.07) is 12.2. The van der Waals surface area contributed by atoms with Gasteiger partial charge in [-0.05, 0) is 24.3 Å². The second-order valence-corrected chi connectivity index (χ2v) is 6.04. The molecule has 9 heteroatoms. The maximum atomic E-state index is 12.3. The van der Waals surface area contributed by atoms with Gasteiger partial charge in [-0.1, -0.05) is 12.1 Å². The third-order valence-corrected chi connectivity index (χ3v) is 4.21. The Morgan fingerprint density at radius 2 is 1.73 bits per heavy atom. The minimum Gasteiger partial charge on any atom is -0.495 e. The molecular weight excluding hydrogens is 386 g/mol. The summed E-state index contributed by atoms with van der Waals surface area (Å²) in [6.07, 6.45) is 2.97. The summed E-state index contributed by atoms with van der Waals surface area (Å²) in [7, 11) is 4.40. The molecule has 3 aromatic rings. The van der Waals surface area contributed by atoms with Crippen LogP contribution in [-0.4, -0.2) is 43.1 Å². The number of esters is 1. The van der Waals surface area contributed by atoms with E-state index in [2.05, 4.69) is 25.9 Å². The second kappa shape index (κ2) is 9.37. The molecule has 30 heavy (non-hydrogen) atoms. The molecule has 0 atom stereocenters. The lowest BCUT2D eigenvalue weighted by atomic mass is 10.2. The first-order valence-electron chi connectivity index (χ1n) is 9.00. The van der Waals surface area contributed by atoms with Crippen LogP contribution in [-0.2, 0) is 4.74 Å². The van der Waals surface area contributed by atoms with E-state index in [1.807, 2.05) is 18.2 Å². The predicted octanol–water partition coefficient (Wildman–Crippen LogP) is 3.12. The lowest BCUT2D eigenvalue weighted by Crippen LogP contribution is -2.19. The van der Waals surface area contributed by atoms with Crippen molar-refractivity contribution in [1.82, 2.24) is 15.3 Å². The number of nitrogens with one attached hydrogen (secondary N) is 3. The highest BCUT2D eigenvalue weighted by atomic mass is 16.5. The van der Waals surface area contributed by atoms with Gasteiger partial charge in [0.15, 0.2) is 0 Å². The van der Waals surface area contributed by atoms with Gasteiger partial charge in [0.25, 0.3) is 5.91 Å². The molecule has 3 rings (SSSR count). The second-order valence-electron chi connectivity index (χ2n) is 6.04. The number of methoxy groups -OCH3 is 2. The number of nitrogens with zero attached hydrogens (tertiary/aromatic N) is 2. The fourth-order valence-electron chi connectivity index (χ4n) is 2.74. The molecule has 1 amide bonds. The average Bonchev–Trinajstić information content (AvgIpc) is 2.79. The van der Waals surface area contributed by atoms with Crippen molar-refractivity contribution in [3.05, 3.63) is 66.0 Å². The molecule has 0 radical (unpaired) electrons. The number of hydrogen-bond donors (Lipinski definition) is 3. The molecule has 0 saturated heterocycles. The van der Waals surface area contributed by atoms with Gasteiger partial charge in [-0.15, -0.1) is 0 Å². The van der Waals surface area contributed by atoms with Gasteiger partial charge < -0.3 is 25.4 Å². The lowest BCUT2D eigenvalue weighted by molar-refractivity contribution is 0.0601. The summed E-state index contributed by atoms with van der Waals surface area (Å²) in [4.78, 5) is 32.8. The summed E-state index contributed by atoms with van der Waals surface area (Å²) < 4.78 is 10.2. The number of pyridine rings is 2. The van der Waals surface area contributed by atoms with Crippen LogP contribution in [0.25, 0.3) is 0 Å².